The van der Waals surface area contributed by atoms with Gasteiger partial charge in [-0.3, -0.25) is 4.79 Å². The number of phenolic OH excluding ortho intramolecular Hbond substituents is 1. The van der Waals surface area contributed by atoms with Crippen molar-refractivity contribution in [3.63, 3.8) is 0 Å². The van der Waals surface area contributed by atoms with E-state index in [0.29, 0.717) is 23.5 Å². The van der Waals surface area contributed by atoms with Crippen molar-refractivity contribution in [1.82, 2.24) is 5.43 Å². The number of hydrogen-bond acceptors (Lipinski definition) is 6. The highest BCUT2D eigenvalue weighted by Gasteiger charge is 2.07. The average molecular weight is 421 g/mol. The lowest BCUT2D eigenvalue weighted by Gasteiger charge is -2.06. The minimum atomic E-state index is -0.467. The number of hydrogen-bond donors (Lipinski definition) is 2. The fourth-order valence-corrected chi connectivity index (χ4v) is 2.26. The molecule has 0 unspecified atom stereocenters. The van der Waals surface area contributed by atoms with E-state index < -0.39 is 11.9 Å². The van der Waals surface area contributed by atoms with E-state index >= 15 is 0 Å². The molecule has 1 amide bonds. The Labute approximate surface area is 158 Å². The summed E-state index contributed by atoms with van der Waals surface area (Å²) in [6, 6.07) is 11.1. The largest absolute Gasteiger partial charge is 0.507 e. The maximum Gasteiger partial charge on any atom is 0.338 e. The number of aromatic hydroxyl groups is 1. The summed E-state index contributed by atoms with van der Waals surface area (Å²) in [6.07, 6.45) is 1.33. The second kappa shape index (κ2) is 9.57. The molecule has 0 aliphatic heterocycles. The van der Waals surface area contributed by atoms with Gasteiger partial charge in [-0.05, 0) is 49.4 Å². The molecule has 136 valence electrons. The number of hydrazone groups is 1. The molecule has 0 heterocycles. The molecule has 8 heteroatoms. The van der Waals surface area contributed by atoms with Gasteiger partial charge in [0.15, 0.2) is 6.61 Å². The fourth-order valence-electron chi connectivity index (χ4n) is 1.89. The first-order chi connectivity index (χ1) is 12.5. The maximum absolute atomic E-state index is 11.7. The van der Waals surface area contributed by atoms with Gasteiger partial charge in [-0.1, -0.05) is 15.9 Å². The number of esters is 1. The van der Waals surface area contributed by atoms with Gasteiger partial charge in [0, 0.05) is 10.0 Å². The molecular formula is C18H17BrN2O5. The zero-order valence-corrected chi connectivity index (χ0v) is 15.5. The SMILES string of the molecule is CCOC(=O)c1ccc(OCC(=O)NN=Cc2cc(Br)ccc2O)cc1. The molecule has 0 saturated heterocycles. The second-order valence-corrected chi connectivity index (χ2v) is 5.95. The van der Waals surface area contributed by atoms with Gasteiger partial charge in [0.2, 0.25) is 0 Å². The van der Waals surface area contributed by atoms with E-state index in [1.54, 1.807) is 43.3 Å². The summed E-state index contributed by atoms with van der Waals surface area (Å²) in [5.41, 5.74) is 3.16. The summed E-state index contributed by atoms with van der Waals surface area (Å²) >= 11 is 3.28. The van der Waals surface area contributed by atoms with Crippen molar-refractivity contribution >= 4 is 34.0 Å². The quantitative estimate of drug-likeness (QED) is 0.407. The van der Waals surface area contributed by atoms with Crippen molar-refractivity contribution in [2.75, 3.05) is 13.2 Å². The van der Waals surface area contributed by atoms with Crippen LogP contribution in [0.15, 0.2) is 52.0 Å². The van der Waals surface area contributed by atoms with E-state index in [2.05, 4.69) is 26.5 Å². The van der Waals surface area contributed by atoms with Gasteiger partial charge in [0.05, 0.1) is 18.4 Å². The minimum absolute atomic E-state index is 0.0455. The number of phenols is 1. The van der Waals surface area contributed by atoms with E-state index in [1.165, 1.54) is 12.3 Å². The predicted octanol–water partition coefficient (Wildman–Crippen LogP) is 2.86. The number of ether oxygens (including phenoxy) is 2. The molecule has 2 rings (SSSR count). The first-order valence-corrected chi connectivity index (χ1v) is 8.49. The van der Waals surface area contributed by atoms with Crippen LogP contribution in [0.3, 0.4) is 0 Å². The predicted molar refractivity (Wildman–Crippen MR) is 99.4 cm³/mol. The lowest BCUT2D eigenvalue weighted by Crippen LogP contribution is -2.24. The Morgan fingerprint density at radius 3 is 2.65 bits per heavy atom. The molecule has 7 nitrogen and oxygen atoms in total. The van der Waals surface area contributed by atoms with Gasteiger partial charge in [-0.15, -0.1) is 0 Å². The Balaban J connectivity index is 1.82. The van der Waals surface area contributed by atoms with Crippen LogP contribution in [0.2, 0.25) is 0 Å². The lowest BCUT2D eigenvalue weighted by atomic mass is 10.2. The number of amides is 1. The van der Waals surface area contributed by atoms with E-state index in [0.717, 1.165) is 4.47 Å². The molecule has 2 aromatic rings. The van der Waals surface area contributed by atoms with Crippen LogP contribution >= 0.6 is 15.9 Å². The molecule has 26 heavy (non-hydrogen) atoms. The fraction of sp³-hybridized carbons (Fsp3) is 0.167. The van der Waals surface area contributed by atoms with Crippen LogP contribution in [0.5, 0.6) is 11.5 Å². The van der Waals surface area contributed by atoms with Crippen LogP contribution in [-0.2, 0) is 9.53 Å². The summed E-state index contributed by atoms with van der Waals surface area (Å²) in [5, 5.41) is 13.4. The first-order valence-electron chi connectivity index (χ1n) is 7.70. The number of nitrogens with one attached hydrogen (secondary N) is 1. The number of nitrogens with zero attached hydrogens (tertiary/aromatic N) is 1. The molecule has 0 aromatic heterocycles. The van der Waals surface area contributed by atoms with Crippen LogP contribution in [0.25, 0.3) is 0 Å². The summed E-state index contributed by atoms with van der Waals surface area (Å²) in [6.45, 7) is 1.78. The zero-order chi connectivity index (χ0) is 18.9. The van der Waals surface area contributed by atoms with Crippen molar-refractivity contribution in [2.24, 2.45) is 5.10 Å². The van der Waals surface area contributed by atoms with Crippen LogP contribution < -0.4 is 10.2 Å². The Hall–Kier alpha value is -2.87. The Morgan fingerprint density at radius 2 is 1.96 bits per heavy atom. The van der Waals surface area contributed by atoms with Gasteiger partial charge in [-0.2, -0.15) is 5.10 Å². The number of carbonyl (C=O) groups excluding carboxylic acids is 2. The molecular weight excluding hydrogens is 404 g/mol. The Kier molecular flexibility index (Phi) is 7.16. The monoisotopic (exact) mass is 420 g/mol. The highest BCUT2D eigenvalue weighted by molar-refractivity contribution is 9.10. The topological polar surface area (TPSA) is 97.2 Å². The summed E-state index contributed by atoms with van der Waals surface area (Å²) in [4.78, 5) is 23.3. The average Bonchev–Trinajstić information content (AvgIpc) is 2.63. The van der Waals surface area contributed by atoms with Crippen LogP contribution in [0.1, 0.15) is 22.8 Å². The van der Waals surface area contributed by atoms with Crippen LogP contribution in [0.4, 0.5) is 0 Å². The van der Waals surface area contributed by atoms with E-state index in [-0.39, 0.29) is 12.4 Å². The third-order valence-corrected chi connectivity index (χ3v) is 3.61. The molecule has 2 aromatic carbocycles. The smallest absolute Gasteiger partial charge is 0.338 e. The molecule has 0 spiro atoms. The number of benzene rings is 2. The first kappa shape index (κ1) is 19.5. The third kappa shape index (κ3) is 5.89. The van der Waals surface area contributed by atoms with E-state index in [9.17, 15) is 14.7 Å². The Bertz CT molecular complexity index is 806. The number of carbonyl (C=O) groups is 2. The van der Waals surface area contributed by atoms with Crippen molar-refractivity contribution in [1.29, 1.82) is 0 Å². The van der Waals surface area contributed by atoms with Crippen LogP contribution in [-0.4, -0.2) is 36.4 Å². The van der Waals surface area contributed by atoms with Crippen LogP contribution in [0, 0.1) is 0 Å². The molecule has 0 atom stereocenters. The van der Waals surface area contributed by atoms with Crippen molar-refractivity contribution < 1.29 is 24.2 Å². The highest BCUT2D eigenvalue weighted by Crippen LogP contribution is 2.19. The van der Waals surface area contributed by atoms with Gasteiger partial charge >= 0.3 is 5.97 Å². The van der Waals surface area contributed by atoms with Gasteiger partial charge in [0.25, 0.3) is 5.91 Å². The third-order valence-electron chi connectivity index (χ3n) is 3.12. The lowest BCUT2D eigenvalue weighted by molar-refractivity contribution is -0.123. The van der Waals surface area contributed by atoms with E-state index in [1.807, 2.05) is 0 Å². The standard InChI is InChI=1S/C18H17BrN2O5/c1-2-25-18(24)12-3-6-15(7-4-12)26-11-17(23)21-20-10-13-9-14(19)5-8-16(13)22/h3-10,22H,2,11H2,1H3,(H,21,23). The van der Waals surface area contributed by atoms with Gasteiger partial charge in [0.1, 0.15) is 11.5 Å². The molecule has 0 fully saturated rings. The molecule has 0 aliphatic rings. The maximum atomic E-state index is 11.7. The molecule has 0 bridgehead atoms. The summed E-state index contributed by atoms with van der Waals surface area (Å²) < 4.78 is 11.0. The van der Waals surface area contributed by atoms with Crippen molar-refractivity contribution in [2.45, 2.75) is 6.92 Å². The minimum Gasteiger partial charge on any atom is -0.507 e. The van der Waals surface area contributed by atoms with Crippen molar-refractivity contribution in [3.05, 3.63) is 58.1 Å². The molecule has 0 aliphatic carbocycles. The molecule has 2 N–H and O–H groups in total. The van der Waals surface area contributed by atoms with E-state index in [4.69, 9.17) is 9.47 Å². The second-order valence-electron chi connectivity index (χ2n) is 5.03. The highest BCUT2D eigenvalue weighted by atomic mass is 79.9. The summed E-state index contributed by atoms with van der Waals surface area (Å²) in [7, 11) is 0. The molecule has 0 radical (unpaired) electrons. The summed E-state index contributed by atoms with van der Waals surface area (Å²) in [5.74, 6) is -0.405. The van der Waals surface area contributed by atoms with Gasteiger partial charge < -0.3 is 14.6 Å². The number of halogens is 1. The van der Waals surface area contributed by atoms with Crippen molar-refractivity contribution in [3.8, 4) is 11.5 Å². The number of rotatable bonds is 7. The molecule has 0 saturated carbocycles. The Morgan fingerprint density at radius 1 is 1.23 bits per heavy atom. The van der Waals surface area contributed by atoms with Gasteiger partial charge in [-0.25, -0.2) is 10.2 Å². The normalized spacial score (nSPS) is 10.5. The zero-order valence-electron chi connectivity index (χ0n) is 13.9.